The van der Waals surface area contributed by atoms with Crippen molar-refractivity contribution < 1.29 is 0 Å². The highest BCUT2D eigenvalue weighted by Crippen LogP contribution is 2.22. The van der Waals surface area contributed by atoms with Crippen LogP contribution in [0.1, 0.15) is 93.9 Å². The van der Waals surface area contributed by atoms with Crippen molar-refractivity contribution in [3.63, 3.8) is 0 Å². The average molecular weight is 321 g/mol. The van der Waals surface area contributed by atoms with Gasteiger partial charge in [0, 0.05) is 0 Å². The predicted molar refractivity (Wildman–Crippen MR) is 110 cm³/mol. The first-order valence-electron chi connectivity index (χ1n) is 9.65. The minimum Gasteiger partial charge on any atom is -0.0988 e. The molecule has 2 atom stereocenters. The van der Waals surface area contributed by atoms with Gasteiger partial charge in [-0.1, -0.05) is 89.8 Å². The molecule has 0 radical (unpaired) electrons. The molecule has 0 spiro atoms. The van der Waals surface area contributed by atoms with Gasteiger partial charge in [0.2, 0.25) is 0 Å². The van der Waals surface area contributed by atoms with Crippen LogP contribution in [-0.4, -0.2) is 0 Å². The third-order valence-electron chi connectivity index (χ3n) is 4.02. The summed E-state index contributed by atoms with van der Waals surface area (Å²) in [6.07, 6.45) is 14.3. The van der Waals surface area contributed by atoms with Gasteiger partial charge >= 0.3 is 0 Å². The Hall–Kier alpha value is -0.780. The molecule has 2 unspecified atom stereocenters. The average Bonchev–Trinajstić information content (AvgIpc) is 2.44. The van der Waals surface area contributed by atoms with Crippen LogP contribution in [0.25, 0.3) is 0 Å². The van der Waals surface area contributed by atoms with Crippen molar-refractivity contribution in [2.45, 2.75) is 93.9 Å². The van der Waals surface area contributed by atoms with Crippen molar-refractivity contribution in [2.75, 3.05) is 0 Å². The normalized spacial score (nSPS) is 13.9. The molecule has 0 aromatic carbocycles. The summed E-state index contributed by atoms with van der Waals surface area (Å²) in [5.41, 5.74) is 2.62. The largest absolute Gasteiger partial charge is 0.0988 e. The van der Waals surface area contributed by atoms with E-state index in [4.69, 9.17) is 0 Å². The first kappa shape index (κ1) is 24.5. The first-order valence-corrected chi connectivity index (χ1v) is 9.65. The van der Waals surface area contributed by atoms with Crippen molar-refractivity contribution in [1.82, 2.24) is 0 Å². The lowest BCUT2D eigenvalue weighted by Crippen LogP contribution is -2.06. The summed E-state index contributed by atoms with van der Waals surface area (Å²) >= 11 is 0. The van der Waals surface area contributed by atoms with Crippen LogP contribution in [-0.2, 0) is 0 Å². The Bertz CT molecular complexity index is 326. The van der Waals surface area contributed by atoms with Gasteiger partial charge in [-0.2, -0.15) is 0 Å². The molecule has 0 saturated heterocycles. The summed E-state index contributed by atoms with van der Waals surface area (Å²) in [6, 6.07) is 0. The van der Waals surface area contributed by atoms with Crippen LogP contribution < -0.4 is 0 Å². The van der Waals surface area contributed by atoms with Gasteiger partial charge < -0.3 is 0 Å². The van der Waals surface area contributed by atoms with Gasteiger partial charge in [0.15, 0.2) is 0 Å². The van der Waals surface area contributed by atoms with E-state index in [0.29, 0.717) is 0 Å². The monoisotopic (exact) mass is 320 g/mol. The maximum absolute atomic E-state index is 3.67. The zero-order valence-electron chi connectivity index (χ0n) is 17.4. The smallest absolute Gasteiger partial charge is 0.0161 e. The number of hydrogen-bond acceptors (Lipinski definition) is 0. The maximum atomic E-state index is 3.67. The topological polar surface area (TPSA) is 0 Å². The van der Waals surface area contributed by atoms with Crippen molar-refractivity contribution in [3.05, 3.63) is 36.0 Å². The molecule has 0 bridgehead atoms. The Morgan fingerprint density at radius 1 is 0.913 bits per heavy atom. The van der Waals surface area contributed by atoms with Gasteiger partial charge in [-0.3, -0.25) is 0 Å². The molecule has 0 fully saturated rings. The molecule has 0 aromatic rings. The van der Waals surface area contributed by atoms with Gasteiger partial charge in [-0.15, -0.1) is 0 Å². The maximum Gasteiger partial charge on any atom is -0.0161 e. The fourth-order valence-electron chi connectivity index (χ4n) is 2.82. The zero-order chi connectivity index (χ0) is 18.3. The second-order valence-electron chi connectivity index (χ2n) is 7.89. The SMILES string of the molecule is C=CC(C)=CCC=C(C)C.CCCCC(C)CC(C)CC(C)C. The van der Waals surface area contributed by atoms with E-state index in [1.54, 1.807) is 0 Å². The molecule has 0 aliphatic carbocycles. The summed E-state index contributed by atoms with van der Waals surface area (Å²) in [7, 11) is 0. The highest BCUT2D eigenvalue weighted by Gasteiger charge is 2.09. The number of hydrogen-bond donors (Lipinski definition) is 0. The zero-order valence-corrected chi connectivity index (χ0v) is 17.4. The van der Waals surface area contributed by atoms with Crippen LogP contribution in [0.15, 0.2) is 36.0 Å². The molecule has 0 aromatic heterocycles. The summed E-state index contributed by atoms with van der Waals surface area (Å²) in [5, 5.41) is 0. The molecule has 0 rings (SSSR count). The molecule has 0 amide bonds. The molecule has 0 aliphatic rings. The molecule has 0 heteroatoms. The second kappa shape index (κ2) is 16.1. The highest BCUT2D eigenvalue weighted by molar-refractivity contribution is 5.14. The van der Waals surface area contributed by atoms with Crippen LogP contribution >= 0.6 is 0 Å². The molecular formula is C23H44. The van der Waals surface area contributed by atoms with E-state index >= 15 is 0 Å². The van der Waals surface area contributed by atoms with Gasteiger partial charge in [0.1, 0.15) is 0 Å². The standard InChI is InChI=1S/C13H28.C10H16/c1-6-7-8-12(4)10-13(5)9-11(2)3;1-5-10(4)8-6-7-9(2)3/h11-13H,6-10H2,1-5H3;5,7-8H,1,6H2,2-4H3. The van der Waals surface area contributed by atoms with Crippen molar-refractivity contribution in [1.29, 1.82) is 0 Å². The number of unbranched alkanes of at least 4 members (excludes halogenated alkanes) is 1. The van der Waals surface area contributed by atoms with E-state index in [-0.39, 0.29) is 0 Å². The van der Waals surface area contributed by atoms with E-state index in [1.807, 2.05) is 6.08 Å². The fraction of sp³-hybridized carbons (Fsp3) is 0.739. The van der Waals surface area contributed by atoms with Gasteiger partial charge in [0.25, 0.3) is 0 Å². The molecule has 0 N–H and O–H groups in total. The van der Waals surface area contributed by atoms with E-state index in [9.17, 15) is 0 Å². The third kappa shape index (κ3) is 21.2. The van der Waals surface area contributed by atoms with E-state index in [1.165, 1.54) is 43.3 Å². The Kier molecular flexibility index (Phi) is 17.1. The van der Waals surface area contributed by atoms with Crippen LogP contribution in [0.5, 0.6) is 0 Å². The Labute approximate surface area is 148 Å². The van der Waals surface area contributed by atoms with Crippen molar-refractivity contribution in [2.24, 2.45) is 17.8 Å². The Balaban J connectivity index is 0. The van der Waals surface area contributed by atoms with Crippen LogP contribution in [0, 0.1) is 17.8 Å². The van der Waals surface area contributed by atoms with E-state index in [2.05, 4.69) is 74.1 Å². The molecule has 0 aliphatic heterocycles. The predicted octanol–water partition coefficient (Wildman–Crippen LogP) is 8.36. The van der Waals surface area contributed by atoms with Gasteiger partial charge in [0.05, 0.1) is 0 Å². The quantitative estimate of drug-likeness (QED) is 0.280. The lowest BCUT2D eigenvalue weighted by Gasteiger charge is -2.18. The molecule has 0 saturated carbocycles. The van der Waals surface area contributed by atoms with E-state index in [0.717, 1.165) is 24.2 Å². The lowest BCUT2D eigenvalue weighted by atomic mass is 9.88. The highest BCUT2D eigenvalue weighted by atomic mass is 14.2. The summed E-state index contributed by atoms with van der Waals surface area (Å²) < 4.78 is 0. The number of allylic oxidation sites excluding steroid dienone is 5. The molecule has 23 heavy (non-hydrogen) atoms. The van der Waals surface area contributed by atoms with Crippen LogP contribution in [0.4, 0.5) is 0 Å². The van der Waals surface area contributed by atoms with Gasteiger partial charge in [-0.25, -0.2) is 0 Å². The van der Waals surface area contributed by atoms with Gasteiger partial charge in [-0.05, 0) is 57.8 Å². The molecule has 0 heterocycles. The summed E-state index contributed by atoms with van der Waals surface area (Å²) in [6.45, 7) is 21.7. The fourth-order valence-corrected chi connectivity index (χ4v) is 2.82. The lowest BCUT2D eigenvalue weighted by molar-refractivity contribution is 0.339. The minimum absolute atomic E-state index is 0.869. The van der Waals surface area contributed by atoms with Crippen molar-refractivity contribution >= 4 is 0 Å². The Morgan fingerprint density at radius 3 is 1.96 bits per heavy atom. The van der Waals surface area contributed by atoms with Crippen molar-refractivity contribution in [3.8, 4) is 0 Å². The third-order valence-corrected chi connectivity index (χ3v) is 4.02. The number of rotatable bonds is 10. The Morgan fingerprint density at radius 2 is 1.52 bits per heavy atom. The molecular weight excluding hydrogens is 276 g/mol. The van der Waals surface area contributed by atoms with Crippen LogP contribution in [0.3, 0.4) is 0 Å². The minimum atomic E-state index is 0.869. The van der Waals surface area contributed by atoms with Crippen LogP contribution in [0.2, 0.25) is 0 Å². The summed E-state index contributed by atoms with van der Waals surface area (Å²) in [4.78, 5) is 0. The summed E-state index contributed by atoms with van der Waals surface area (Å²) in [5.74, 6) is 2.73. The first-order chi connectivity index (χ1) is 10.7. The molecule has 136 valence electrons. The molecule has 0 nitrogen and oxygen atoms in total. The second-order valence-corrected chi connectivity index (χ2v) is 7.89. The van der Waals surface area contributed by atoms with E-state index < -0.39 is 0 Å².